The summed E-state index contributed by atoms with van der Waals surface area (Å²) in [5, 5.41) is 8.79. The third-order valence-corrected chi connectivity index (χ3v) is 4.47. The van der Waals surface area contributed by atoms with Gasteiger partial charge >= 0.3 is 5.97 Å². The van der Waals surface area contributed by atoms with Crippen LogP contribution in [-0.2, 0) is 4.79 Å². The Hall–Kier alpha value is -0.480. The number of benzene rings is 1. The van der Waals surface area contributed by atoms with Gasteiger partial charge in [0.25, 0.3) is 0 Å². The minimum atomic E-state index is -0.734. The maximum atomic E-state index is 11.1. The topological polar surface area (TPSA) is 37.3 Å². The molecule has 2 atom stereocenters. The molecule has 1 aromatic rings. The van der Waals surface area contributed by atoms with Crippen LogP contribution in [0.1, 0.15) is 20.3 Å². The third-order valence-electron chi connectivity index (χ3n) is 2.48. The molecule has 1 N–H and O–H groups in total. The molecule has 4 heteroatoms. The monoisotopic (exact) mass is 302 g/mol. The molecule has 0 aromatic heterocycles. The van der Waals surface area contributed by atoms with E-state index in [1.54, 1.807) is 0 Å². The zero-order valence-electron chi connectivity index (χ0n) is 9.31. The van der Waals surface area contributed by atoms with Crippen molar-refractivity contribution in [2.24, 2.45) is 5.92 Å². The smallest absolute Gasteiger partial charge is 0.317 e. The van der Waals surface area contributed by atoms with Crippen LogP contribution in [0, 0.1) is 5.92 Å². The fourth-order valence-electron chi connectivity index (χ4n) is 1.28. The Morgan fingerprint density at radius 1 is 1.44 bits per heavy atom. The summed E-state index contributed by atoms with van der Waals surface area (Å²) in [5.41, 5.74) is 0. The summed E-state index contributed by atoms with van der Waals surface area (Å²) in [4.78, 5) is 12.1. The number of rotatable bonds is 5. The summed E-state index contributed by atoms with van der Waals surface area (Å²) in [6, 6.07) is 7.73. The highest BCUT2D eigenvalue weighted by Crippen LogP contribution is 2.30. The number of hydrogen-bond donors (Lipinski definition) is 1. The second-order valence-electron chi connectivity index (χ2n) is 3.72. The highest BCUT2D eigenvalue weighted by Gasteiger charge is 2.24. The van der Waals surface area contributed by atoms with Crippen LogP contribution in [0.3, 0.4) is 0 Å². The fourth-order valence-corrected chi connectivity index (χ4v) is 2.66. The summed E-state index contributed by atoms with van der Waals surface area (Å²) in [6.07, 6.45) is 0.875. The van der Waals surface area contributed by atoms with Gasteiger partial charge in [0.1, 0.15) is 5.25 Å². The van der Waals surface area contributed by atoms with E-state index in [1.807, 2.05) is 38.1 Å². The van der Waals surface area contributed by atoms with Crippen LogP contribution in [0.15, 0.2) is 33.6 Å². The van der Waals surface area contributed by atoms with Crippen LogP contribution in [0.25, 0.3) is 0 Å². The van der Waals surface area contributed by atoms with Gasteiger partial charge in [0.15, 0.2) is 0 Å². The van der Waals surface area contributed by atoms with Gasteiger partial charge < -0.3 is 5.11 Å². The molecule has 2 nitrogen and oxygen atoms in total. The Balaban J connectivity index is 2.75. The Morgan fingerprint density at radius 3 is 2.44 bits per heavy atom. The molecule has 88 valence electrons. The van der Waals surface area contributed by atoms with E-state index < -0.39 is 5.97 Å². The van der Waals surface area contributed by atoms with E-state index in [-0.39, 0.29) is 11.2 Å². The van der Waals surface area contributed by atoms with Crippen LogP contribution < -0.4 is 0 Å². The predicted molar refractivity (Wildman–Crippen MR) is 70.9 cm³/mol. The minimum Gasteiger partial charge on any atom is -0.480 e. The van der Waals surface area contributed by atoms with Gasteiger partial charge in [0.05, 0.1) is 0 Å². The number of aliphatic carboxylic acids is 1. The Labute approximate surface area is 109 Å². The molecule has 0 saturated heterocycles. The van der Waals surface area contributed by atoms with Gasteiger partial charge in [-0.15, -0.1) is 11.8 Å². The number of hydrogen-bond acceptors (Lipinski definition) is 2. The number of carbonyl (C=O) groups is 1. The largest absolute Gasteiger partial charge is 0.480 e. The van der Waals surface area contributed by atoms with Crippen molar-refractivity contribution in [3.8, 4) is 0 Å². The van der Waals surface area contributed by atoms with E-state index in [1.165, 1.54) is 11.8 Å². The fraction of sp³-hybridized carbons (Fsp3) is 0.417. The Bertz CT molecular complexity index is 351. The van der Waals surface area contributed by atoms with E-state index in [2.05, 4.69) is 15.9 Å². The van der Waals surface area contributed by atoms with Crippen molar-refractivity contribution in [3.63, 3.8) is 0 Å². The summed E-state index contributed by atoms with van der Waals surface area (Å²) in [7, 11) is 0. The molecule has 2 unspecified atom stereocenters. The molecule has 0 aliphatic heterocycles. The Kier molecular flexibility index (Phi) is 5.35. The average Bonchev–Trinajstić information content (AvgIpc) is 2.27. The first-order valence-corrected chi connectivity index (χ1v) is 6.87. The Morgan fingerprint density at radius 2 is 2.00 bits per heavy atom. The van der Waals surface area contributed by atoms with Crippen molar-refractivity contribution < 1.29 is 9.90 Å². The van der Waals surface area contributed by atoms with E-state index >= 15 is 0 Å². The van der Waals surface area contributed by atoms with Gasteiger partial charge in [-0.2, -0.15) is 0 Å². The van der Waals surface area contributed by atoms with Gasteiger partial charge in [-0.25, -0.2) is 0 Å². The van der Waals surface area contributed by atoms with E-state index in [0.29, 0.717) is 0 Å². The van der Waals surface area contributed by atoms with Crippen molar-refractivity contribution in [2.75, 3.05) is 0 Å². The first-order chi connectivity index (χ1) is 7.54. The lowest BCUT2D eigenvalue weighted by Crippen LogP contribution is -2.23. The zero-order chi connectivity index (χ0) is 12.1. The maximum absolute atomic E-state index is 11.1. The summed E-state index contributed by atoms with van der Waals surface area (Å²) in [5.74, 6) is -0.562. The molecule has 0 fully saturated rings. The molecule has 0 aliphatic carbocycles. The standard InChI is InChI=1S/C12H15BrO2S/c1-3-8(2)11(12(14)15)16-10-6-4-9(13)5-7-10/h4-8,11H,3H2,1-2H3,(H,14,15). The van der Waals surface area contributed by atoms with E-state index in [4.69, 9.17) is 5.11 Å². The molecule has 0 radical (unpaired) electrons. The van der Waals surface area contributed by atoms with Crippen LogP contribution >= 0.6 is 27.7 Å². The lowest BCUT2D eigenvalue weighted by atomic mass is 10.1. The first kappa shape index (κ1) is 13.6. The van der Waals surface area contributed by atoms with Crippen molar-refractivity contribution in [1.82, 2.24) is 0 Å². The van der Waals surface area contributed by atoms with E-state index in [9.17, 15) is 4.79 Å². The highest BCUT2D eigenvalue weighted by atomic mass is 79.9. The van der Waals surface area contributed by atoms with Crippen LogP contribution in [0.5, 0.6) is 0 Å². The quantitative estimate of drug-likeness (QED) is 0.834. The van der Waals surface area contributed by atoms with Crippen LogP contribution in [0.2, 0.25) is 0 Å². The highest BCUT2D eigenvalue weighted by molar-refractivity contribution is 9.10. The van der Waals surface area contributed by atoms with Gasteiger partial charge in [0, 0.05) is 9.37 Å². The normalized spacial score (nSPS) is 14.4. The first-order valence-electron chi connectivity index (χ1n) is 5.19. The van der Waals surface area contributed by atoms with Crippen molar-refractivity contribution in [2.45, 2.75) is 30.4 Å². The summed E-state index contributed by atoms with van der Waals surface area (Å²) >= 11 is 4.78. The van der Waals surface area contributed by atoms with Gasteiger partial charge in [0.2, 0.25) is 0 Å². The maximum Gasteiger partial charge on any atom is 0.317 e. The SMILES string of the molecule is CCC(C)C(Sc1ccc(Br)cc1)C(=O)O. The molecule has 1 rings (SSSR count). The summed E-state index contributed by atoms with van der Waals surface area (Å²) in [6.45, 7) is 3.99. The lowest BCUT2D eigenvalue weighted by molar-refractivity contribution is -0.137. The average molecular weight is 303 g/mol. The molecular weight excluding hydrogens is 288 g/mol. The number of halogens is 1. The molecule has 0 amide bonds. The van der Waals surface area contributed by atoms with Crippen LogP contribution in [0.4, 0.5) is 0 Å². The molecular formula is C12H15BrO2S. The van der Waals surface area contributed by atoms with Gasteiger partial charge in [-0.05, 0) is 30.2 Å². The minimum absolute atomic E-state index is 0.172. The van der Waals surface area contributed by atoms with Crippen molar-refractivity contribution >= 4 is 33.7 Å². The molecule has 0 heterocycles. The van der Waals surface area contributed by atoms with Crippen LogP contribution in [-0.4, -0.2) is 16.3 Å². The summed E-state index contributed by atoms with van der Waals surface area (Å²) < 4.78 is 1.01. The molecule has 0 saturated carbocycles. The van der Waals surface area contributed by atoms with Gasteiger partial charge in [-0.1, -0.05) is 36.2 Å². The van der Waals surface area contributed by atoms with Crippen molar-refractivity contribution in [1.29, 1.82) is 0 Å². The molecule has 16 heavy (non-hydrogen) atoms. The number of thioether (sulfide) groups is 1. The second kappa shape index (κ2) is 6.30. The van der Waals surface area contributed by atoms with Gasteiger partial charge in [-0.3, -0.25) is 4.79 Å². The predicted octanol–water partition coefficient (Wildman–Crippen LogP) is 4.04. The third kappa shape index (κ3) is 3.83. The molecule has 0 aliphatic rings. The zero-order valence-corrected chi connectivity index (χ0v) is 11.7. The molecule has 0 spiro atoms. The molecule has 0 bridgehead atoms. The lowest BCUT2D eigenvalue weighted by Gasteiger charge is -2.18. The van der Waals surface area contributed by atoms with Crippen molar-refractivity contribution in [3.05, 3.63) is 28.7 Å². The second-order valence-corrected chi connectivity index (χ2v) is 5.85. The molecule has 1 aromatic carbocycles. The van der Waals surface area contributed by atoms with E-state index in [0.717, 1.165) is 15.8 Å². The number of carboxylic acids is 1. The number of carboxylic acid groups (broad SMARTS) is 1.